The highest BCUT2D eigenvalue weighted by Crippen LogP contribution is 2.36. The van der Waals surface area contributed by atoms with Gasteiger partial charge in [0.15, 0.2) is 0 Å². The van der Waals surface area contributed by atoms with E-state index in [1.807, 2.05) is 0 Å². The molecule has 12 heteroatoms. The third kappa shape index (κ3) is 4.76. The normalized spacial score (nSPS) is 12.6. The Bertz CT molecular complexity index is 1050. The summed E-state index contributed by atoms with van der Waals surface area (Å²) in [4.78, 5) is 12.6. The molecule has 0 spiro atoms. The van der Waals surface area contributed by atoms with Crippen molar-refractivity contribution < 1.29 is 22.4 Å². The largest absolute Gasteiger partial charge is 0.324 e. The smallest absolute Gasteiger partial charge is 0.283 e. The molecule has 160 valence electrons. The first-order valence-corrected chi connectivity index (χ1v) is 9.34. The number of carbonyl (C=O) groups is 1. The number of hydrogen-bond acceptors (Lipinski definition) is 3. The summed E-state index contributed by atoms with van der Waals surface area (Å²) in [7, 11) is 0. The van der Waals surface area contributed by atoms with Crippen molar-refractivity contribution in [2.45, 2.75) is 32.4 Å². The van der Waals surface area contributed by atoms with Gasteiger partial charge in [-0.3, -0.25) is 9.48 Å². The van der Waals surface area contributed by atoms with E-state index in [2.05, 4.69) is 15.5 Å². The molecule has 3 rings (SSSR count). The molecule has 0 radical (unpaired) electrons. The van der Waals surface area contributed by atoms with Crippen LogP contribution in [0.3, 0.4) is 0 Å². The Kier molecular flexibility index (Phi) is 6.67. The minimum absolute atomic E-state index is 0.383. The quantitative estimate of drug-likeness (QED) is 0.469. The molecular formula is C18H15Cl2F4N5O. The third-order valence-corrected chi connectivity index (χ3v) is 4.80. The van der Waals surface area contributed by atoms with Gasteiger partial charge in [0.1, 0.15) is 17.4 Å². The summed E-state index contributed by atoms with van der Waals surface area (Å²) in [5.41, 5.74) is -0.755. The molecule has 0 fully saturated rings. The SMILES string of the molecule is CC(C(=O)Nc1cccc(Cn2cc(Cl)cn2)c1)n1nc(C(F)F)c(Cl)c1C(F)F. The summed E-state index contributed by atoms with van der Waals surface area (Å²) >= 11 is 11.5. The lowest BCUT2D eigenvalue weighted by Crippen LogP contribution is -2.26. The van der Waals surface area contributed by atoms with Gasteiger partial charge in [-0.25, -0.2) is 22.2 Å². The number of aromatic nitrogens is 4. The molecule has 1 unspecified atom stereocenters. The van der Waals surface area contributed by atoms with Gasteiger partial charge in [0, 0.05) is 11.9 Å². The molecule has 0 aliphatic carbocycles. The maximum absolute atomic E-state index is 13.3. The number of nitrogens with one attached hydrogen (secondary N) is 1. The summed E-state index contributed by atoms with van der Waals surface area (Å²) in [6, 6.07) is 5.43. The van der Waals surface area contributed by atoms with Crippen LogP contribution in [0.4, 0.5) is 23.2 Å². The molecule has 0 saturated carbocycles. The molecule has 6 nitrogen and oxygen atoms in total. The van der Waals surface area contributed by atoms with Gasteiger partial charge in [-0.2, -0.15) is 10.2 Å². The maximum atomic E-state index is 13.3. The number of anilines is 1. The third-order valence-electron chi connectivity index (χ3n) is 4.21. The number of benzene rings is 1. The van der Waals surface area contributed by atoms with E-state index in [0.29, 0.717) is 21.9 Å². The molecule has 1 amide bonds. The number of amides is 1. The summed E-state index contributed by atoms with van der Waals surface area (Å²) < 4.78 is 54.8. The molecule has 30 heavy (non-hydrogen) atoms. The predicted molar refractivity (Wildman–Crippen MR) is 103 cm³/mol. The minimum atomic E-state index is -3.18. The average molecular weight is 464 g/mol. The zero-order valence-electron chi connectivity index (χ0n) is 15.4. The zero-order chi connectivity index (χ0) is 22.0. The Balaban J connectivity index is 1.79. The van der Waals surface area contributed by atoms with Crippen LogP contribution in [0, 0.1) is 0 Å². The summed E-state index contributed by atoms with van der Waals surface area (Å²) in [6.45, 7) is 1.64. The molecule has 0 saturated heterocycles. The van der Waals surface area contributed by atoms with Gasteiger partial charge in [-0.05, 0) is 24.6 Å². The van der Waals surface area contributed by atoms with Gasteiger partial charge in [0.25, 0.3) is 12.9 Å². The number of halogens is 6. The van der Waals surface area contributed by atoms with Crippen molar-refractivity contribution in [2.75, 3.05) is 5.32 Å². The van der Waals surface area contributed by atoms with E-state index in [-0.39, 0.29) is 0 Å². The van der Waals surface area contributed by atoms with E-state index >= 15 is 0 Å². The Morgan fingerprint density at radius 3 is 2.53 bits per heavy atom. The second kappa shape index (κ2) is 9.05. The molecule has 1 N–H and O–H groups in total. The second-order valence-corrected chi connectivity index (χ2v) is 7.17. The number of alkyl halides is 4. The molecule has 1 aromatic carbocycles. The lowest BCUT2D eigenvalue weighted by molar-refractivity contribution is -0.119. The molecule has 2 heterocycles. The van der Waals surface area contributed by atoms with Crippen molar-refractivity contribution in [1.82, 2.24) is 19.6 Å². The topological polar surface area (TPSA) is 64.7 Å². The van der Waals surface area contributed by atoms with Gasteiger partial charge < -0.3 is 5.32 Å². The fourth-order valence-corrected chi connectivity index (χ4v) is 3.24. The van der Waals surface area contributed by atoms with E-state index in [4.69, 9.17) is 23.2 Å². The van der Waals surface area contributed by atoms with Crippen LogP contribution in [-0.2, 0) is 11.3 Å². The summed E-state index contributed by atoms with van der Waals surface area (Å²) in [6.07, 6.45) is -3.22. The molecule has 3 aromatic rings. The minimum Gasteiger partial charge on any atom is -0.324 e. The fourth-order valence-electron chi connectivity index (χ4n) is 2.79. The predicted octanol–water partition coefficient (Wildman–Crippen LogP) is 5.51. The van der Waals surface area contributed by atoms with E-state index in [1.54, 1.807) is 35.1 Å². The molecule has 2 aromatic heterocycles. The van der Waals surface area contributed by atoms with Crippen molar-refractivity contribution >= 4 is 34.8 Å². The number of rotatable bonds is 7. The first kappa shape index (κ1) is 22.1. The molecule has 1 atom stereocenters. The molecule has 0 bridgehead atoms. The van der Waals surface area contributed by atoms with Crippen molar-refractivity contribution in [1.29, 1.82) is 0 Å². The molecular weight excluding hydrogens is 449 g/mol. The van der Waals surface area contributed by atoms with Crippen LogP contribution in [0.5, 0.6) is 0 Å². The van der Waals surface area contributed by atoms with Crippen molar-refractivity contribution in [2.24, 2.45) is 0 Å². The maximum Gasteiger partial charge on any atom is 0.283 e. The lowest BCUT2D eigenvalue weighted by Gasteiger charge is -2.16. The van der Waals surface area contributed by atoms with E-state index in [9.17, 15) is 22.4 Å². The van der Waals surface area contributed by atoms with Crippen molar-refractivity contribution in [3.8, 4) is 0 Å². The van der Waals surface area contributed by atoms with Crippen LogP contribution in [0.25, 0.3) is 0 Å². The molecule has 0 aliphatic heterocycles. The fraction of sp³-hybridized carbons (Fsp3) is 0.278. The van der Waals surface area contributed by atoms with Crippen LogP contribution in [0.2, 0.25) is 10.0 Å². The van der Waals surface area contributed by atoms with E-state index < -0.39 is 41.2 Å². The van der Waals surface area contributed by atoms with Crippen LogP contribution >= 0.6 is 23.2 Å². The van der Waals surface area contributed by atoms with E-state index in [0.717, 1.165) is 5.56 Å². The van der Waals surface area contributed by atoms with Gasteiger partial charge in [-0.15, -0.1) is 0 Å². The second-order valence-electron chi connectivity index (χ2n) is 6.35. The van der Waals surface area contributed by atoms with Gasteiger partial charge in [0.2, 0.25) is 5.91 Å². The van der Waals surface area contributed by atoms with Gasteiger partial charge in [-0.1, -0.05) is 35.3 Å². The van der Waals surface area contributed by atoms with Crippen LogP contribution < -0.4 is 5.32 Å². The number of hydrogen-bond donors (Lipinski definition) is 1. The van der Waals surface area contributed by atoms with Crippen LogP contribution in [0.15, 0.2) is 36.7 Å². The van der Waals surface area contributed by atoms with Crippen molar-refractivity contribution in [3.63, 3.8) is 0 Å². The Morgan fingerprint density at radius 2 is 1.93 bits per heavy atom. The number of nitrogens with zero attached hydrogens (tertiary/aromatic N) is 4. The zero-order valence-corrected chi connectivity index (χ0v) is 16.9. The highest BCUT2D eigenvalue weighted by atomic mass is 35.5. The summed E-state index contributed by atoms with van der Waals surface area (Å²) in [5, 5.41) is 9.69. The molecule has 0 aliphatic rings. The Labute approximate surface area is 178 Å². The first-order valence-electron chi connectivity index (χ1n) is 8.59. The Hall–Kier alpha value is -2.59. The number of carbonyl (C=O) groups excluding carboxylic acids is 1. The lowest BCUT2D eigenvalue weighted by atomic mass is 10.2. The van der Waals surface area contributed by atoms with Crippen molar-refractivity contribution in [3.05, 3.63) is 63.7 Å². The van der Waals surface area contributed by atoms with Gasteiger partial charge >= 0.3 is 0 Å². The Morgan fingerprint density at radius 1 is 1.20 bits per heavy atom. The highest BCUT2D eigenvalue weighted by Gasteiger charge is 2.31. The first-order chi connectivity index (χ1) is 14.2. The average Bonchev–Trinajstić information content (AvgIpc) is 3.24. The van der Waals surface area contributed by atoms with Gasteiger partial charge in [0.05, 0.1) is 22.8 Å². The standard InChI is InChI=1S/C18H15Cl2F4N5O/c1-9(29-15(17(23)24)13(20)14(27-29)16(21)22)18(30)26-12-4-2-3-10(5-12)7-28-8-11(19)6-25-28/h2-6,8-9,16-17H,7H2,1H3,(H,26,30). The van der Waals surface area contributed by atoms with Crippen LogP contribution in [-0.4, -0.2) is 25.5 Å². The monoisotopic (exact) mass is 463 g/mol. The van der Waals surface area contributed by atoms with Crippen LogP contribution in [0.1, 0.15) is 42.8 Å². The van der Waals surface area contributed by atoms with E-state index in [1.165, 1.54) is 13.1 Å². The summed E-state index contributed by atoms with van der Waals surface area (Å²) in [5.74, 6) is -0.726. The highest BCUT2D eigenvalue weighted by molar-refractivity contribution is 6.32.